The molecule has 0 bridgehead atoms. The van der Waals surface area contributed by atoms with Crippen LogP contribution in [0.1, 0.15) is 33.0 Å². The van der Waals surface area contributed by atoms with E-state index in [-0.39, 0.29) is 36.5 Å². The second-order valence-corrected chi connectivity index (χ2v) is 8.80. The van der Waals surface area contributed by atoms with Crippen molar-refractivity contribution in [3.05, 3.63) is 46.9 Å². The molecule has 10 heteroatoms. The van der Waals surface area contributed by atoms with Crippen LogP contribution in [0.5, 0.6) is 5.75 Å². The van der Waals surface area contributed by atoms with Crippen molar-refractivity contribution in [3.8, 4) is 5.75 Å². The van der Waals surface area contributed by atoms with Gasteiger partial charge in [0.1, 0.15) is 23.3 Å². The lowest BCUT2D eigenvalue weighted by Gasteiger charge is -2.28. The van der Waals surface area contributed by atoms with Crippen LogP contribution in [0.2, 0.25) is 5.02 Å². The summed E-state index contributed by atoms with van der Waals surface area (Å²) < 4.78 is 9.86. The van der Waals surface area contributed by atoms with Gasteiger partial charge in [0.2, 0.25) is 11.0 Å². The highest BCUT2D eigenvalue weighted by Crippen LogP contribution is 2.28. The van der Waals surface area contributed by atoms with E-state index in [4.69, 9.17) is 16.3 Å². The number of hydrogen-bond acceptors (Lipinski definition) is 7. The van der Waals surface area contributed by atoms with Crippen LogP contribution < -0.4 is 10.1 Å². The minimum absolute atomic E-state index is 0.0619. The maximum Gasteiger partial charge on any atom is 0.251 e. The number of para-hydroxylation sites is 1. The molecule has 31 heavy (non-hydrogen) atoms. The molecule has 0 saturated carbocycles. The van der Waals surface area contributed by atoms with E-state index in [1.54, 1.807) is 24.3 Å². The number of ketones is 1. The van der Waals surface area contributed by atoms with Crippen LogP contribution in [0.15, 0.2) is 36.1 Å². The summed E-state index contributed by atoms with van der Waals surface area (Å²) in [5, 5.41) is 3.46. The predicted octanol–water partition coefficient (Wildman–Crippen LogP) is 3.48. The number of anilines is 1. The van der Waals surface area contributed by atoms with Crippen LogP contribution in [-0.2, 0) is 20.8 Å². The summed E-state index contributed by atoms with van der Waals surface area (Å²) in [7, 11) is 0. The number of rotatable bonds is 9. The predicted molar refractivity (Wildman–Crippen MR) is 118 cm³/mol. The Morgan fingerprint density at radius 1 is 1.32 bits per heavy atom. The zero-order chi connectivity index (χ0) is 22.5. The fourth-order valence-corrected chi connectivity index (χ4v) is 3.88. The second kappa shape index (κ2) is 10.0. The van der Waals surface area contributed by atoms with Crippen molar-refractivity contribution in [2.45, 2.75) is 39.7 Å². The number of halogens is 1. The third-order valence-corrected chi connectivity index (χ3v) is 5.43. The lowest BCUT2D eigenvalue weighted by atomic mass is 10.0. The summed E-state index contributed by atoms with van der Waals surface area (Å²) in [5.74, 6) is 0.661. The fourth-order valence-electron chi connectivity index (χ4n) is 3.12. The van der Waals surface area contributed by atoms with E-state index < -0.39 is 6.04 Å². The quantitative estimate of drug-likeness (QED) is 0.612. The Kier molecular flexibility index (Phi) is 7.40. The largest absolute Gasteiger partial charge is 0.458 e. The molecule has 1 aliphatic rings. The molecule has 1 N–H and O–H groups in total. The third-order valence-electron chi connectivity index (χ3n) is 4.45. The molecule has 0 aliphatic carbocycles. The highest BCUT2D eigenvalue weighted by molar-refractivity contribution is 7.09. The Labute approximate surface area is 189 Å². The van der Waals surface area contributed by atoms with Crippen molar-refractivity contribution in [2.75, 3.05) is 11.9 Å². The molecule has 164 valence electrons. The number of ether oxygens (including phenoxy) is 1. The number of Topliss-reactive ketones (excluding diaryl/α,β-unsaturated/α-hetero) is 1. The van der Waals surface area contributed by atoms with Gasteiger partial charge in [0.05, 0.1) is 18.0 Å². The Bertz CT molecular complexity index is 1020. The van der Waals surface area contributed by atoms with Crippen molar-refractivity contribution in [1.29, 1.82) is 0 Å². The van der Waals surface area contributed by atoms with Crippen LogP contribution >= 0.6 is 23.1 Å². The van der Waals surface area contributed by atoms with Gasteiger partial charge >= 0.3 is 0 Å². The summed E-state index contributed by atoms with van der Waals surface area (Å²) >= 11 is 7.14. The van der Waals surface area contributed by atoms with Crippen LogP contribution in [0, 0.1) is 5.92 Å². The Morgan fingerprint density at radius 3 is 2.74 bits per heavy atom. The second-order valence-electron chi connectivity index (χ2n) is 7.64. The number of benzene rings is 1. The molecular formula is C21H23ClN4O4S. The molecule has 3 rings (SSSR count). The van der Waals surface area contributed by atoms with Gasteiger partial charge < -0.3 is 9.64 Å². The molecule has 2 heterocycles. The van der Waals surface area contributed by atoms with E-state index in [0.717, 1.165) is 11.5 Å². The maximum absolute atomic E-state index is 13.0. The van der Waals surface area contributed by atoms with E-state index in [9.17, 15) is 14.4 Å². The first-order chi connectivity index (χ1) is 14.7. The monoisotopic (exact) mass is 462 g/mol. The highest BCUT2D eigenvalue weighted by atomic mass is 35.5. The van der Waals surface area contributed by atoms with E-state index in [2.05, 4.69) is 14.7 Å². The van der Waals surface area contributed by atoms with E-state index in [0.29, 0.717) is 33.9 Å². The molecule has 1 aliphatic heterocycles. The van der Waals surface area contributed by atoms with Crippen LogP contribution in [0.4, 0.5) is 5.13 Å². The lowest BCUT2D eigenvalue weighted by Crippen LogP contribution is -2.46. The standard InChI is InChI=1S/C21H23ClN4O4S/c1-12(2)8-16(20(29)24-21-23-18(25-31-21)9-13(3)27)26-11-14(10-19(26)28)30-17-7-5-4-6-15(17)22/h4-7,10,12,16H,8-9,11H2,1-3H3,(H,23,24,25,29)/t16-/m0/s1. The van der Waals surface area contributed by atoms with Gasteiger partial charge in [-0.1, -0.05) is 37.6 Å². The van der Waals surface area contributed by atoms with Crippen molar-refractivity contribution < 1.29 is 19.1 Å². The molecule has 0 fully saturated rings. The minimum atomic E-state index is -0.712. The van der Waals surface area contributed by atoms with Crippen LogP contribution in [0.3, 0.4) is 0 Å². The highest BCUT2D eigenvalue weighted by Gasteiger charge is 2.35. The number of nitrogens with one attached hydrogen (secondary N) is 1. The summed E-state index contributed by atoms with van der Waals surface area (Å²) in [5.41, 5.74) is 0. The molecular weight excluding hydrogens is 440 g/mol. The molecule has 1 atom stereocenters. The van der Waals surface area contributed by atoms with Gasteiger partial charge in [0, 0.05) is 17.6 Å². The normalized spacial score (nSPS) is 14.5. The van der Waals surface area contributed by atoms with Gasteiger partial charge in [0.15, 0.2) is 5.82 Å². The first-order valence-corrected chi connectivity index (χ1v) is 10.9. The molecule has 0 radical (unpaired) electrons. The Morgan fingerprint density at radius 2 is 2.06 bits per heavy atom. The molecule has 8 nitrogen and oxygen atoms in total. The van der Waals surface area contributed by atoms with Gasteiger partial charge in [-0.25, -0.2) is 4.98 Å². The zero-order valence-electron chi connectivity index (χ0n) is 17.4. The molecule has 1 aromatic heterocycles. The molecule has 2 aromatic rings. The van der Waals surface area contributed by atoms with Gasteiger partial charge in [-0.05, 0) is 31.4 Å². The van der Waals surface area contributed by atoms with E-state index >= 15 is 0 Å². The summed E-state index contributed by atoms with van der Waals surface area (Å²) in [6, 6.07) is 6.27. The number of nitrogens with zero attached hydrogens (tertiary/aromatic N) is 3. The number of carbonyl (C=O) groups excluding carboxylic acids is 3. The average Bonchev–Trinajstić information content (AvgIpc) is 3.27. The van der Waals surface area contributed by atoms with Crippen molar-refractivity contribution in [1.82, 2.24) is 14.3 Å². The maximum atomic E-state index is 13.0. The van der Waals surface area contributed by atoms with Crippen LogP contribution in [-0.4, -0.2) is 44.4 Å². The van der Waals surface area contributed by atoms with Gasteiger partial charge in [0.25, 0.3) is 5.91 Å². The van der Waals surface area contributed by atoms with E-state index in [1.807, 2.05) is 13.8 Å². The fraction of sp³-hybridized carbons (Fsp3) is 0.381. The summed E-state index contributed by atoms with van der Waals surface area (Å²) in [4.78, 5) is 42.6. The first kappa shape index (κ1) is 22.9. The first-order valence-electron chi connectivity index (χ1n) is 9.79. The van der Waals surface area contributed by atoms with E-state index in [1.165, 1.54) is 17.9 Å². The summed E-state index contributed by atoms with van der Waals surface area (Å²) in [6.45, 7) is 5.56. The zero-order valence-corrected chi connectivity index (χ0v) is 19.0. The molecule has 0 saturated heterocycles. The molecule has 1 aromatic carbocycles. The SMILES string of the molecule is CC(=O)Cc1nsc(NC(=O)[C@H](CC(C)C)N2CC(Oc3ccccc3Cl)=CC2=O)n1. The number of hydrogen-bond donors (Lipinski definition) is 1. The van der Waals surface area contributed by atoms with Crippen molar-refractivity contribution >= 4 is 45.9 Å². The topological polar surface area (TPSA) is 101 Å². The smallest absolute Gasteiger partial charge is 0.251 e. The van der Waals surface area contributed by atoms with Gasteiger partial charge in [-0.15, -0.1) is 0 Å². The van der Waals surface area contributed by atoms with Crippen LogP contribution in [0.25, 0.3) is 0 Å². The lowest BCUT2D eigenvalue weighted by molar-refractivity contribution is -0.133. The average molecular weight is 463 g/mol. The Hall–Kier alpha value is -2.78. The minimum Gasteiger partial charge on any atom is -0.458 e. The molecule has 0 unspecified atom stereocenters. The van der Waals surface area contributed by atoms with Gasteiger partial charge in [-0.2, -0.15) is 4.37 Å². The Balaban J connectivity index is 1.71. The molecule has 2 amide bonds. The third kappa shape index (κ3) is 6.11. The number of aromatic nitrogens is 2. The number of carbonyl (C=O) groups is 3. The molecule has 0 spiro atoms. The van der Waals surface area contributed by atoms with Crippen molar-refractivity contribution in [3.63, 3.8) is 0 Å². The number of amides is 2. The van der Waals surface area contributed by atoms with Gasteiger partial charge in [-0.3, -0.25) is 19.7 Å². The van der Waals surface area contributed by atoms with Crippen molar-refractivity contribution in [2.24, 2.45) is 5.92 Å². The summed E-state index contributed by atoms with van der Waals surface area (Å²) in [6.07, 6.45) is 1.95.